The molecule has 0 unspecified atom stereocenters. The van der Waals surface area contributed by atoms with E-state index in [4.69, 9.17) is 0 Å². The maximum atomic E-state index is 13.3. The number of carbonyl (C=O) groups is 2. The van der Waals surface area contributed by atoms with E-state index in [1.807, 2.05) is 35.1 Å². The first kappa shape index (κ1) is 23.3. The molecule has 2 aromatic carbocycles. The zero-order valence-corrected chi connectivity index (χ0v) is 19.5. The summed E-state index contributed by atoms with van der Waals surface area (Å²) in [5.74, 6) is -2.03. The number of carbonyl (C=O) groups excluding carboxylic acids is 1. The van der Waals surface area contributed by atoms with Gasteiger partial charge < -0.3 is 5.11 Å². The zero-order valence-electron chi connectivity index (χ0n) is 17.9. The Kier molecular flexibility index (Phi) is 6.31. The highest BCUT2D eigenvalue weighted by Crippen LogP contribution is 2.22. The highest BCUT2D eigenvalue weighted by molar-refractivity contribution is 7.90. The Labute approximate surface area is 198 Å². The van der Waals surface area contributed by atoms with Crippen molar-refractivity contribution in [2.45, 2.75) is 24.8 Å². The lowest BCUT2D eigenvalue weighted by Crippen LogP contribution is -2.37. The van der Waals surface area contributed by atoms with Gasteiger partial charge in [0.25, 0.3) is 21.5 Å². The molecule has 9 nitrogen and oxygen atoms in total. The van der Waals surface area contributed by atoms with Crippen molar-refractivity contribution >= 4 is 43.5 Å². The van der Waals surface area contributed by atoms with Gasteiger partial charge in [-0.05, 0) is 24.6 Å². The van der Waals surface area contributed by atoms with Crippen LogP contribution in [-0.4, -0.2) is 35.0 Å². The molecule has 4 rings (SSSR count). The maximum absolute atomic E-state index is 13.3. The molecule has 0 saturated carbocycles. The molecule has 174 valence electrons. The summed E-state index contributed by atoms with van der Waals surface area (Å²) in [5.41, 5.74) is 0.722. The molecule has 4 aromatic rings. The fourth-order valence-electron chi connectivity index (χ4n) is 3.40. The zero-order chi connectivity index (χ0) is 24.5. The molecule has 0 radical (unpaired) electrons. The molecule has 0 atom stereocenters. The molecule has 1 amide bonds. The van der Waals surface area contributed by atoms with Crippen LogP contribution < -0.4 is 10.3 Å². The third kappa shape index (κ3) is 4.75. The average molecular weight is 498 g/mol. The summed E-state index contributed by atoms with van der Waals surface area (Å²) >= 11 is 1.02. The minimum absolute atomic E-state index is 0.0946. The van der Waals surface area contributed by atoms with Crippen LogP contribution in [0.4, 0.5) is 0 Å². The molecule has 0 aliphatic carbocycles. The second-order valence-electron chi connectivity index (χ2n) is 7.56. The molecule has 0 fully saturated rings. The Bertz CT molecular complexity index is 1560. The molecule has 0 saturated heterocycles. The molecule has 0 spiro atoms. The number of aromatic carboxylic acids is 1. The highest BCUT2D eigenvalue weighted by atomic mass is 32.2. The molecule has 0 aliphatic rings. The number of aryl methyl sites for hydroxylation is 1. The lowest BCUT2D eigenvalue weighted by atomic mass is 10.1. The van der Waals surface area contributed by atoms with Crippen LogP contribution in [0.2, 0.25) is 0 Å². The van der Waals surface area contributed by atoms with Crippen LogP contribution in [0.25, 0.3) is 10.2 Å². The van der Waals surface area contributed by atoms with Crippen LogP contribution in [-0.2, 0) is 27.8 Å². The van der Waals surface area contributed by atoms with Crippen LogP contribution in [0.15, 0.2) is 69.7 Å². The van der Waals surface area contributed by atoms with Crippen molar-refractivity contribution in [1.29, 1.82) is 0 Å². The summed E-state index contributed by atoms with van der Waals surface area (Å²) in [6.07, 6.45) is 0.185. The van der Waals surface area contributed by atoms with Gasteiger partial charge in [0.05, 0.1) is 15.8 Å². The first-order valence-corrected chi connectivity index (χ1v) is 12.4. The van der Waals surface area contributed by atoms with E-state index in [-0.39, 0.29) is 32.9 Å². The summed E-state index contributed by atoms with van der Waals surface area (Å²) in [7, 11) is -4.16. The van der Waals surface area contributed by atoms with Crippen LogP contribution in [0.5, 0.6) is 0 Å². The molecule has 2 aromatic heterocycles. The number of rotatable bonds is 7. The lowest BCUT2D eigenvalue weighted by molar-refractivity contribution is -0.120. The van der Waals surface area contributed by atoms with Crippen molar-refractivity contribution < 1.29 is 23.1 Å². The SMILES string of the molecule is Cc1ccc(S(=O)(=O)NC(=O)Cn2c(Cc3ccccc3)nc3scc(C(=O)O)c3c2=O)cc1. The quantitative estimate of drug-likeness (QED) is 0.401. The molecular formula is C23H19N3O6S2. The average Bonchev–Trinajstić information content (AvgIpc) is 3.21. The number of thiophene rings is 1. The van der Waals surface area contributed by atoms with Gasteiger partial charge in [-0.3, -0.25) is 14.2 Å². The van der Waals surface area contributed by atoms with Crippen molar-refractivity contribution in [3.8, 4) is 0 Å². The van der Waals surface area contributed by atoms with Crippen LogP contribution in [0.1, 0.15) is 27.3 Å². The Balaban J connectivity index is 1.74. The van der Waals surface area contributed by atoms with E-state index in [9.17, 15) is 27.9 Å². The number of nitrogens with zero attached hydrogens (tertiary/aromatic N) is 2. The van der Waals surface area contributed by atoms with Crippen molar-refractivity contribution in [2.24, 2.45) is 0 Å². The van der Waals surface area contributed by atoms with E-state index in [0.29, 0.717) is 0 Å². The number of aromatic nitrogens is 2. The molecule has 2 N–H and O–H groups in total. The number of benzene rings is 2. The van der Waals surface area contributed by atoms with Crippen LogP contribution in [0, 0.1) is 6.92 Å². The Morgan fingerprint density at radius 3 is 2.41 bits per heavy atom. The summed E-state index contributed by atoms with van der Waals surface area (Å²) in [4.78, 5) is 42.2. The van der Waals surface area contributed by atoms with Gasteiger partial charge in [0, 0.05) is 11.8 Å². The highest BCUT2D eigenvalue weighted by Gasteiger charge is 2.23. The number of nitrogens with one attached hydrogen (secondary N) is 1. The predicted octanol–water partition coefficient (Wildman–Crippen LogP) is 2.56. The largest absolute Gasteiger partial charge is 0.478 e. The van der Waals surface area contributed by atoms with Gasteiger partial charge >= 0.3 is 5.97 Å². The smallest absolute Gasteiger partial charge is 0.337 e. The summed E-state index contributed by atoms with van der Waals surface area (Å²) < 4.78 is 28.2. The van der Waals surface area contributed by atoms with E-state index in [2.05, 4.69) is 4.98 Å². The van der Waals surface area contributed by atoms with E-state index >= 15 is 0 Å². The first-order valence-electron chi connectivity index (χ1n) is 10.1. The number of carboxylic acids is 1. The summed E-state index contributed by atoms with van der Waals surface area (Å²) in [6.45, 7) is 1.15. The summed E-state index contributed by atoms with van der Waals surface area (Å²) in [6, 6.07) is 15.0. The minimum atomic E-state index is -4.16. The van der Waals surface area contributed by atoms with E-state index in [0.717, 1.165) is 27.0 Å². The van der Waals surface area contributed by atoms with Crippen molar-refractivity contribution in [2.75, 3.05) is 0 Å². The Morgan fingerprint density at radius 1 is 1.09 bits per heavy atom. The first-order chi connectivity index (χ1) is 16.2. The monoisotopic (exact) mass is 497 g/mol. The van der Waals surface area contributed by atoms with Gasteiger partial charge in [-0.25, -0.2) is 22.9 Å². The summed E-state index contributed by atoms with van der Waals surface area (Å²) in [5, 5.41) is 10.6. The topological polar surface area (TPSA) is 135 Å². The minimum Gasteiger partial charge on any atom is -0.478 e. The number of hydrogen-bond acceptors (Lipinski definition) is 7. The fraction of sp³-hybridized carbons (Fsp3) is 0.130. The Hall–Kier alpha value is -3.83. The number of carboxylic acid groups (broad SMARTS) is 1. The second kappa shape index (κ2) is 9.20. The third-order valence-electron chi connectivity index (χ3n) is 5.09. The lowest BCUT2D eigenvalue weighted by Gasteiger charge is -2.13. The van der Waals surface area contributed by atoms with Gasteiger partial charge in [-0.2, -0.15) is 0 Å². The van der Waals surface area contributed by atoms with Gasteiger partial charge in [0.15, 0.2) is 0 Å². The molecule has 34 heavy (non-hydrogen) atoms. The van der Waals surface area contributed by atoms with Crippen LogP contribution in [0.3, 0.4) is 0 Å². The van der Waals surface area contributed by atoms with Gasteiger partial charge in [-0.15, -0.1) is 11.3 Å². The number of hydrogen-bond donors (Lipinski definition) is 2. The maximum Gasteiger partial charge on any atom is 0.337 e. The number of fused-ring (bicyclic) bond motifs is 1. The molecule has 11 heteroatoms. The van der Waals surface area contributed by atoms with Crippen LogP contribution >= 0.6 is 11.3 Å². The van der Waals surface area contributed by atoms with E-state index in [1.165, 1.54) is 17.5 Å². The molecule has 0 bridgehead atoms. The van der Waals surface area contributed by atoms with Gasteiger partial charge in [0.2, 0.25) is 0 Å². The normalized spacial score (nSPS) is 11.4. The number of sulfonamides is 1. The predicted molar refractivity (Wildman–Crippen MR) is 127 cm³/mol. The van der Waals surface area contributed by atoms with Gasteiger partial charge in [-0.1, -0.05) is 48.0 Å². The second-order valence-corrected chi connectivity index (χ2v) is 10.1. The van der Waals surface area contributed by atoms with Crippen molar-refractivity contribution in [1.82, 2.24) is 14.3 Å². The Morgan fingerprint density at radius 2 is 1.76 bits per heavy atom. The van der Waals surface area contributed by atoms with Crippen molar-refractivity contribution in [3.05, 3.63) is 92.8 Å². The standard InChI is InChI=1S/C23H19N3O6S2/c1-14-7-9-16(10-8-14)34(31,32)25-19(27)12-26-18(11-15-5-3-2-4-6-15)24-21-20(22(26)28)17(13-33-21)23(29)30/h2-10,13H,11-12H2,1H3,(H,25,27)(H,29,30). The van der Waals surface area contributed by atoms with E-state index < -0.39 is 34.0 Å². The number of amides is 1. The molecular weight excluding hydrogens is 478 g/mol. The van der Waals surface area contributed by atoms with E-state index in [1.54, 1.807) is 19.1 Å². The third-order valence-corrected chi connectivity index (χ3v) is 7.35. The molecule has 0 aliphatic heterocycles. The van der Waals surface area contributed by atoms with Gasteiger partial charge in [0.1, 0.15) is 17.2 Å². The fourth-order valence-corrected chi connectivity index (χ4v) is 5.30. The molecule has 2 heterocycles. The van der Waals surface area contributed by atoms with Crippen molar-refractivity contribution in [3.63, 3.8) is 0 Å².